The van der Waals surface area contributed by atoms with Crippen molar-refractivity contribution in [2.24, 2.45) is 0 Å². The van der Waals surface area contributed by atoms with Crippen molar-refractivity contribution in [3.63, 3.8) is 0 Å². The van der Waals surface area contributed by atoms with Crippen LogP contribution < -0.4 is 9.46 Å². The monoisotopic (exact) mass is 290 g/mol. The zero-order valence-corrected chi connectivity index (χ0v) is 12.2. The van der Waals surface area contributed by atoms with Crippen molar-refractivity contribution < 1.29 is 13.2 Å². The van der Waals surface area contributed by atoms with E-state index in [-0.39, 0.29) is 4.90 Å². The highest BCUT2D eigenvalue weighted by Crippen LogP contribution is 2.19. The first-order valence-corrected chi connectivity index (χ1v) is 7.73. The molecule has 0 aliphatic carbocycles. The lowest BCUT2D eigenvalue weighted by molar-refractivity contribution is 0.340. The molecule has 0 amide bonds. The van der Waals surface area contributed by atoms with Crippen molar-refractivity contribution in [1.82, 2.24) is 4.72 Å². The Balaban J connectivity index is 2.19. The average molecular weight is 290 g/mol. The summed E-state index contributed by atoms with van der Waals surface area (Å²) in [5.74, 6) is 0.641. The molecule has 0 aromatic heterocycles. The molecule has 0 fully saturated rings. The normalized spacial score (nSPS) is 11.1. The molecule has 4 nitrogen and oxygen atoms in total. The van der Waals surface area contributed by atoms with Crippen LogP contribution in [0, 0.1) is 6.92 Å². The van der Waals surface area contributed by atoms with E-state index in [1.54, 1.807) is 24.3 Å². The molecule has 2 aromatic carbocycles. The molecule has 0 saturated carbocycles. The fraction of sp³-hybridized carbons (Fsp3) is 0.200. The van der Waals surface area contributed by atoms with Crippen LogP contribution in [0.4, 0.5) is 5.69 Å². The Morgan fingerprint density at radius 2 is 1.60 bits per heavy atom. The van der Waals surface area contributed by atoms with Crippen LogP contribution in [0.5, 0.6) is 5.75 Å². The van der Waals surface area contributed by atoms with E-state index >= 15 is 0 Å². The van der Waals surface area contributed by atoms with Crippen LogP contribution in [0.3, 0.4) is 0 Å². The Morgan fingerprint density at radius 1 is 1.00 bits per heavy atom. The number of hydrogen-bond acceptors (Lipinski definition) is 3. The number of rotatable bonds is 5. The minimum atomic E-state index is -3.69. The largest absolute Gasteiger partial charge is 0.494 e. The van der Waals surface area contributed by atoms with E-state index in [9.17, 15) is 8.42 Å². The zero-order chi connectivity index (χ0) is 14.6. The Hall–Kier alpha value is -2.01. The molecule has 2 rings (SSSR count). The average Bonchev–Trinajstić information content (AvgIpc) is 2.42. The van der Waals surface area contributed by atoms with Crippen molar-refractivity contribution in [2.75, 3.05) is 6.61 Å². The van der Waals surface area contributed by atoms with Gasteiger partial charge in [0.15, 0.2) is 0 Å². The van der Waals surface area contributed by atoms with Crippen LogP contribution in [-0.2, 0) is 10.0 Å². The van der Waals surface area contributed by atoms with E-state index in [1.165, 1.54) is 12.1 Å². The number of benzene rings is 2. The van der Waals surface area contributed by atoms with Crippen LogP contribution in [0.15, 0.2) is 53.4 Å². The first-order chi connectivity index (χ1) is 9.51. The van der Waals surface area contributed by atoms with Gasteiger partial charge in [-0.1, -0.05) is 17.7 Å². The molecule has 0 bridgehead atoms. The van der Waals surface area contributed by atoms with Gasteiger partial charge in [0, 0.05) is 0 Å². The first kappa shape index (κ1) is 14.4. The molecule has 0 atom stereocenters. The molecule has 0 heterocycles. The third-order valence-electron chi connectivity index (χ3n) is 2.69. The molecule has 1 radical (unpaired) electrons. The molecule has 5 heteroatoms. The minimum absolute atomic E-state index is 0.154. The highest BCUT2D eigenvalue weighted by Gasteiger charge is 2.16. The molecule has 105 valence electrons. The Bertz CT molecular complexity index is 661. The smallest absolute Gasteiger partial charge is 0.282 e. The van der Waals surface area contributed by atoms with E-state index in [4.69, 9.17) is 4.74 Å². The lowest BCUT2D eigenvalue weighted by Gasteiger charge is -2.07. The summed E-state index contributed by atoms with van der Waals surface area (Å²) < 4.78 is 33.4. The lowest BCUT2D eigenvalue weighted by atomic mass is 10.2. The molecule has 20 heavy (non-hydrogen) atoms. The van der Waals surface area contributed by atoms with Gasteiger partial charge < -0.3 is 4.74 Å². The van der Waals surface area contributed by atoms with Gasteiger partial charge in [0.1, 0.15) is 5.75 Å². The van der Waals surface area contributed by atoms with Gasteiger partial charge in [-0.3, -0.25) is 0 Å². The van der Waals surface area contributed by atoms with Crippen molar-refractivity contribution >= 4 is 15.7 Å². The molecule has 0 unspecified atom stereocenters. The Kier molecular flexibility index (Phi) is 4.29. The second kappa shape index (κ2) is 5.96. The predicted molar refractivity (Wildman–Crippen MR) is 77.8 cm³/mol. The topological polar surface area (TPSA) is 57.5 Å². The van der Waals surface area contributed by atoms with Gasteiger partial charge in [-0.2, -0.15) is 13.1 Å². The van der Waals surface area contributed by atoms with Gasteiger partial charge in [-0.25, -0.2) is 0 Å². The molecule has 0 N–H and O–H groups in total. The summed E-state index contributed by atoms with van der Waals surface area (Å²) >= 11 is 0. The number of ether oxygens (including phenoxy) is 1. The van der Waals surface area contributed by atoms with Crippen molar-refractivity contribution in [3.8, 4) is 5.75 Å². The summed E-state index contributed by atoms with van der Waals surface area (Å²) in [6.45, 7) is 4.35. The molecular formula is C15H16NO3S. The molecule has 0 saturated heterocycles. The third kappa shape index (κ3) is 3.51. The minimum Gasteiger partial charge on any atom is -0.494 e. The van der Waals surface area contributed by atoms with E-state index < -0.39 is 10.0 Å². The molecular weight excluding hydrogens is 274 g/mol. The van der Waals surface area contributed by atoms with Crippen molar-refractivity contribution in [3.05, 3.63) is 54.1 Å². The quantitative estimate of drug-likeness (QED) is 0.850. The lowest BCUT2D eigenvalue weighted by Crippen LogP contribution is -2.11. The molecule has 0 spiro atoms. The van der Waals surface area contributed by atoms with Gasteiger partial charge in [0.2, 0.25) is 0 Å². The van der Waals surface area contributed by atoms with Crippen LogP contribution >= 0.6 is 0 Å². The van der Waals surface area contributed by atoms with E-state index in [2.05, 4.69) is 4.72 Å². The van der Waals surface area contributed by atoms with Crippen molar-refractivity contribution in [2.45, 2.75) is 18.7 Å². The second-order valence-corrected chi connectivity index (χ2v) is 5.91. The third-order valence-corrected chi connectivity index (χ3v) is 4.01. The van der Waals surface area contributed by atoms with Gasteiger partial charge in [0.05, 0.1) is 17.2 Å². The highest BCUT2D eigenvalue weighted by atomic mass is 32.2. The van der Waals surface area contributed by atoms with Crippen molar-refractivity contribution in [1.29, 1.82) is 0 Å². The fourth-order valence-corrected chi connectivity index (χ4v) is 2.66. The predicted octanol–water partition coefficient (Wildman–Crippen LogP) is 3.02. The molecule has 0 aliphatic heterocycles. The maximum absolute atomic E-state index is 12.1. The van der Waals surface area contributed by atoms with Gasteiger partial charge >= 0.3 is 0 Å². The summed E-state index contributed by atoms with van der Waals surface area (Å²) in [5, 5.41) is 0. The maximum Gasteiger partial charge on any atom is 0.282 e. The molecule has 2 aromatic rings. The summed E-state index contributed by atoms with van der Waals surface area (Å²) in [5.41, 5.74) is 1.48. The number of nitrogens with zero attached hydrogens (tertiary/aromatic N) is 1. The van der Waals surface area contributed by atoms with Crippen LogP contribution in [-0.4, -0.2) is 15.0 Å². The summed E-state index contributed by atoms with van der Waals surface area (Å²) in [4.78, 5) is 0.154. The van der Waals surface area contributed by atoms with E-state index in [0.717, 1.165) is 5.56 Å². The van der Waals surface area contributed by atoms with Crippen LogP contribution in [0.1, 0.15) is 12.5 Å². The van der Waals surface area contributed by atoms with Crippen LogP contribution in [0.25, 0.3) is 0 Å². The summed E-state index contributed by atoms with van der Waals surface area (Å²) in [6.07, 6.45) is 0. The first-order valence-electron chi connectivity index (χ1n) is 6.29. The van der Waals surface area contributed by atoms with E-state index in [1.807, 2.05) is 26.0 Å². The number of aryl methyl sites for hydroxylation is 1. The summed E-state index contributed by atoms with van der Waals surface area (Å²) in [6, 6.07) is 13.3. The second-order valence-electron chi connectivity index (χ2n) is 4.31. The number of sulfonamides is 1. The van der Waals surface area contributed by atoms with Crippen LogP contribution in [0.2, 0.25) is 0 Å². The maximum atomic E-state index is 12.1. The van der Waals surface area contributed by atoms with E-state index in [0.29, 0.717) is 18.0 Å². The SMILES string of the molecule is CCOc1ccc(S(=O)(=O)[N]c2ccc(C)cc2)cc1. The fourth-order valence-electron chi connectivity index (χ4n) is 1.67. The zero-order valence-electron chi connectivity index (χ0n) is 11.4. The Morgan fingerprint density at radius 3 is 2.15 bits per heavy atom. The standard InChI is InChI=1S/C15H16NO3S/c1-3-19-14-8-10-15(11-9-14)20(17,18)16-13-6-4-12(2)5-7-13/h4-11H,3H2,1-2H3. The van der Waals surface area contributed by atoms with Gasteiger partial charge in [-0.05, 0) is 50.2 Å². The number of hydrogen-bond donors (Lipinski definition) is 0. The summed E-state index contributed by atoms with van der Waals surface area (Å²) in [7, 11) is -3.69. The molecule has 0 aliphatic rings. The van der Waals surface area contributed by atoms with Gasteiger partial charge in [-0.15, -0.1) is 0 Å². The Labute approximate surface area is 119 Å². The highest BCUT2D eigenvalue weighted by molar-refractivity contribution is 7.89. The van der Waals surface area contributed by atoms with Gasteiger partial charge in [0.25, 0.3) is 10.0 Å².